The van der Waals surface area contributed by atoms with Gasteiger partial charge in [-0.05, 0) is 0 Å². The van der Waals surface area contributed by atoms with Gasteiger partial charge in [-0.25, -0.2) is 13.0 Å². The summed E-state index contributed by atoms with van der Waals surface area (Å²) in [5, 5.41) is 0. The summed E-state index contributed by atoms with van der Waals surface area (Å²) < 4.78 is 80.2. The summed E-state index contributed by atoms with van der Waals surface area (Å²) in [4.78, 5) is 0. The minimum atomic E-state index is -5.39. The van der Waals surface area contributed by atoms with Crippen molar-refractivity contribution in [3.8, 4) is 0 Å². The number of hydrogen-bond acceptors (Lipinski definition) is 2. The lowest BCUT2D eigenvalue weighted by atomic mass is 10.2. The van der Waals surface area contributed by atoms with Crippen molar-refractivity contribution in [1.29, 1.82) is 0 Å². The molecular weight excluding hydrogens is 223 g/mol. The lowest BCUT2D eigenvalue weighted by molar-refractivity contribution is -0.253. The van der Waals surface area contributed by atoms with Crippen LogP contribution >= 0.6 is 0 Å². The molecule has 0 heterocycles. The van der Waals surface area contributed by atoms with E-state index in [1.54, 1.807) is 0 Å². The van der Waals surface area contributed by atoms with E-state index in [0.29, 0.717) is 0 Å². The van der Waals surface area contributed by atoms with E-state index in [-0.39, 0.29) is 6.92 Å². The zero-order valence-corrected chi connectivity index (χ0v) is 6.96. The molecule has 0 aromatic rings. The van der Waals surface area contributed by atoms with Crippen LogP contribution in [0.25, 0.3) is 0 Å². The number of hydrogen-bond donors (Lipinski definition) is 1. The van der Waals surface area contributed by atoms with Gasteiger partial charge >= 0.3 is 17.5 Å². The first-order valence-electron chi connectivity index (χ1n) is 2.77. The van der Waals surface area contributed by atoms with Crippen LogP contribution in [0.2, 0.25) is 0 Å². The molecule has 9 heteroatoms. The summed E-state index contributed by atoms with van der Waals surface area (Å²) in [6, 6.07) is 0. The van der Waals surface area contributed by atoms with Gasteiger partial charge in [-0.1, -0.05) is 0 Å². The number of halogens is 5. The molecule has 13 heavy (non-hydrogen) atoms. The molecule has 0 aliphatic rings. The Bertz CT molecular complexity index is 183. The molecule has 3 nitrogen and oxygen atoms in total. The van der Waals surface area contributed by atoms with Gasteiger partial charge < -0.3 is 0 Å². The van der Waals surface area contributed by atoms with Crippen LogP contribution in [0.1, 0.15) is 6.92 Å². The Hall–Kier alpha value is -0.280. The molecule has 0 aliphatic heterocycles. The molecule has 80 valence electrons. The molecule has 0 spiro atoms. The maximum Gasteiger partial charge on any atom is 0.422 e. The zero-order chi connectivity index (χ0) is 10.9. The average molecular weight is 228 g/mol. The van der Waals surface area contributed by atoms with Crippen LogP contribution < -0.4 is 0 Å². The van der Waals surface area contributed by atoms with E-state index in [9.17, 15) is 26.2 Å². The third-order valence-corrected chi connectivity index (χ3v) is 1.29. The van der Waals surface area contributed by atoms with Crippen molar-refractivity contribution in [1.82, 2.24) is 0 Å². The molecule has 0 bridgehead atoms. The third-order valence-electron chi connectivity index (χ3n) is 0.936. The van der Waals surface area contributed by atoms with Crippen LogP contribution in [0.5, 0.6) is 0 Å². The number of rotatable bonds is 3. The van der Waals surface area contributed by atoms with Crippen molar-refractivity contribution in [2.24, 2.45) is 0 Å². The fourth-order valence-electron chi connectivity index (χ4n) is 0.509. The smallest absolute Gasteiger partial charge is 0.284 e. The fourth-order valence-corrected chi connectivity index (χ4v) is 0.951. The first kappa shape index (κ1) is 12.7. The second-order valence-electron chi connectivity index (χ2n) is 2.19. The molecule has 2 atom stereocenters. The van der Waals surface area contributed by atoms with E-state index in [1.807, 2.05) is 0 Å². The van der Waals surface area contributed by atoms with Gasteiger partial charge in [0.25, 0.3) is 5.92 Å². The quantitative estimate of drug-likeness (QED) is 0.591. The Balaban J connectivity index is 4.68. The van der Waals surface area contributed by atoms with Crippen molar-refractivity contribution in [2.75, 3.05) is 0 Å². The summed E-state index contributed by atoms with van der Waals surface area (Å²) in [6.07, 6.45) is -8.97. The molecular formula is C4H5F5O3S. The molecule has 1 N–H and O–H groups in total. The highest BCUT2D eigenvalue weighted by molar-refractivity contribution is 7.74. The van der Waals surface area contributed by atoms with E-state index in [1.165, 1.54) is 0 Å². The van der Waals surface area contributed by atoms with E-state index < -0.39 is 29.6 Å². The van der Waals surface area contributed by atoms with Crippen molar-refractivity contribution in [3.05, 3.63) is 0 Å². The van der Waals surface area contributed by atoms with Crippen LogP contribution in [-0.4, -0.2) is 27.0 Å². The maximum absolute atomic E-state index is 12.2. The Kier molecular flexibility index (Phi) is 3.76. The monoisotopic (exact) mass is 228 g/mol. The molecule has 0 fully saturated rings. The van der Waals surface area contributed by atoms with Gasteiger partial charge in [-0.2, -0.15) is 17.4 Å². The largest absolute Gasteiger partial charge is 0.422 e. The lowest BCUT2D eigenvalue weighted by Gasteiger charge is -2.23. The van der Waals surface area contributed by atoms with Crippen LogP contribution in [0.3, 0.4) is 0 Å². The number of alkyl halides is 5. The van der Waals surface area contributed by atoms with Crippen LogP contribution in [0.4, 0.5) is 22.0 Å². The van der Waals surface area contributed by atoms with Gasteiger partial charge in [-0.3, -0.25) is 4.55 Å². The molecule has 0 aromatic heterocycles. The topological polar surface area (TPSA) is 46.5 Å². The molecule has 0 aromatic carbocycles. The van der Waals surface area contributed by atoms with Crippen LogP contribution in [0.15, 0.2) is 0 Å². The second kappa shape index (κ2) is 3.84. The highest BCUT2D eigenvalue weighted by Gasteiger charge is 2.55. The summed E-state index contributed by atoms with van der Waals surface area (Å²) in [7, 11) is 0. The van der Waals surface area contributed by atoms with E-state index in [0.717, 1.165) is 0 Å². The summed E-state index contributed by atoms with van der Waals surface area (Å²) in [6.45, 7) is -0.0575. The minimum absolute atomic E-state index is 0.0575. The summed E-state index contributed by atoms with van der Waals surface area (Å²) >= 11 is -3.39. The molecule has 0 rings (SSSR count). The minimum Gasteiger partial charge on any atom is -0.284 e. The lowest BCUT2D eigenvalue weighted by Crippen LogP contribution is -2.45. The fraction of sp³-hybridized carbons (Fsp3) is 1.00. The van der Waals surface area contributed by atoms with Crippen molar-refractivity contribution >= 4 is 11.4 Å². The molecule has 0 radical (unpaired) electrons. The summed E-state index contributed by atoms with van der Waals surface area (Å²) in [5.74, 6) is -4.27. The summed E-state index contributed by atoms with van der Waals surface area (Å²) in [5.41, 5.74) is 0. The maximum atomic E-state index is 12.2. The third kappa shape index (κ3) is 4.48. The van der Waals surface area contributed by atoms with Gasteiger partial charge in [0.1, 0.15) is 0 Å². The van der Waals surface area contributed by atoms with Crippen molar-refractivity contribution in [2.45, 2.75) is 25.1 Å². The van der Waals surface area contributed by atoms with Gasteiger partial charge in [0, 0.05) is 6.92 Å². The first-order valence-corrected chi connectivity index (χ1v) is 3.81. The Morgan fingerprint density at radius 3 is 1.77 bits per heavy atom. The highest BCUT2D eigenvalue weighted by Crippen LogP contribution is 2.34. The van der Waals surface area contributed by atoms with Crippen LogP contribution in [0, 0.1) is 0 Å². The SMILES string of the molecule is CC(F)(F)C(OS(=O)O)C(F)(F)F. The Labute approximate surface area is 72.4 Å². The van der Waals surface area contributed by atoms with Crippen molar-refractivity contribution < 1.29 is 34.9 Å². The predicted octanol–water partition coefficient (Wildman–Crippen LogP) is 1.73. The van der Waals surface area contributed by atoms with E-state index >= 15 is 0 Å². The Morgan fingerprint density at radius 2 is 1.69 bits per heavy atom. The molecule has 0 saturated carbocycles. The first-order chi connectivity index (χ1) is 5.55. The Morgan fingerprint density at radius 1 is 1.31 bits per heavy atom. The normalized spacial score (nSPS) is 18.4. The van der Waals surface area contributed by atoms with Crippen molar-refractivity contribution in [3.63, 3.8) is 0 Å². The van der Waals surface area contributed by atoms with E-state index in [4.69, 9.17) is 4.55 Å². The molecule has 2 unspecified atom stereocenters. The second-order valence-corrected chi connectivity index (χ2v) is 2.82. The predicted molar refractivity (Wildman–Crippen MR) is 32.3 cm³/mol. The van der Waals surface area contributed by atoms with E-state index in [2.05, 4.69) is 4.18 Å². The average Bonchev–Trinajstić information content (AvgIpc) is 1.77. The van der Waals surface area contributed by atoms with Gasteiger partial charge in [-0.15, -0.1) is 0 Å². The molecule has 0 amide bonds. The standard InChI is InChI=1S/C4H5F5O3S/c1-3(5,6)2(4(7,8)9)12-13(10)11/h2H,1H3,(H,10,11). The van der Waals surface area contributed by atoms with Gasteiger partial charge in [0.15, 0.2) is 0 Å². The van der Waals surface area contributed by atoms with Gasteiger partial charge in [0.05, 0.1) is 0 Å². The highest BCUT2D eigenvalue weighted by atomic mass is 32.2. The van der Waals surface area contributed by atoms with Crippen LogP contribution in [-0.2, 0) is 15.5 Å². The molecule has 0 aliphatic carbocycles. The zero-order valence-electron chi connectivity index (χ0n) is 6.14. The van der Waals surface area contributed by atoms with Gasteiger partial charge in [0.2, 0.25) is 6.10 Å². The molecule has 0 saturated heterocycles.